The molecule has 23 heavy (non-hydrogen) atoms. The molecule has 4 nitrogen and oxygen atoms in total. The summed E-state index contributed by atoms with van der Waals surface area (Å²) in [7, 11) is 0. The largest absolute Gasteiger partial charge is 0.285 e. The van der Waals surface area contributed by atoms with Crippen LogP contribution in [0.5, 0.6) is 0 Å². The summed E-state index contributed by atoms with van der Waals surface area (Å²) in [6.45, 7) is 1.91. The topological polar surface area (TPSA) is 52.0 Å². The fourth-order valence-corrected chi connectivity index (χ4v) is 3.05. The second-order valence-corrected chi connectivity index (χ2v) is 5.78. The number of allylic oxidation sites excluding steroid dienone is 1. The summed E-state index contributed by atoms with van der Waals surface area (Å²) in [6, 6.07) is 10.3. The quantitative estimate of drug-likeness (QED) is 0.538. The number of nitrogens with zero attached hydrogens (tertiary/aromatic N) is 2. The van der Waals surface area contributed by atoms with Gasteiger partial charge in [-0.15, -0.1) is 0 Å². The molecule has 0 fully saturated rings. The van der Waals surface area contributed by atoms with Crippen LogP contribution in [-0.2, 0) is 0 Å². The Balaban J connectivity index is 2.10. The Hall–Kier alpha value is -2.72. The zero-order chi connectivity index (χ0) is 16.1. The van der Waals surface area contributed by atoms with Crippen LogP contribution in [0.4, 0.5) is 0 Å². The fraction of sp³-hybridized carbons (Fsp3) is 0.0556. The van der Waals surface area contributed by atoms with Crippen LogP contribution in [-0.4, -0.2) is 15.3 Å². The van der Waals surface area contributed by atoms with E-state index in [1.807, 2.05) is 25.1 Å². The van der Waals surface area contributed by atoms with E-state index < -0.39 is 0 Å². The maximum Gasteiger partial charge on any atom is 0.266 e. The number of aromatic nitrogens is 2. The molecule has 0 bridgehead atoms. The Morgan fingerprint density at radius 2 is 1.96 bits per heavy atom. The minimum Gasteiger partial charge on any atom is -0.285 e. The van der Waals surface area contributed by atoms with Gasteiger partial charge in [0.1, 0.15) is 0 Å². The smallest absolute Gasteiger partial charge is 0.266 e. The summed E-state index contributed by atoms with van der Waals surface area (Å²) < 4.78 is 1.37. The summed E-state index contributed by atoms with van der Waals surface area (Å²) in [4.78, 5) is 29.8. The van der Waals surface area contributed by atoms with Gasteiger partial charge < -0.3 is 0 Å². The zero-order valence-electron chi connectivity index (χ0n) is 12.2. The van der Waals surface area contributed by atoms with Crippen molar-refractivity contribution < 1.29 is 4.79 Å². The van der Waals surface area contributed by atoms with E-state index >= 15 is 0 Å². The predicted octanol–water partition coefficient (Wildman–Crippen LogP) is 3.62. The van der Waals surface area contributed by atoms with Crippen molar-refractivity contribution in [3.63, 3.8) is 0 Å². The molecule has 0 radical (unpaired) electrons. The minimum absolute atomic E-state index is 0.138. The van der Waals surface area contributed by atoms with Gasteiger partial charge in [-0.1, -0.05) is 29.8 Å². The van der Waals surface area contributed by atoms with Crippen molar-refractivity contribution in [2.45, 2.75) is 6.92 Å². The van der Waals surface area contributed by atoms with E-state index in [4.69, 9.17) is 11.6 Å². The van der Waals surface area contributed by atoms with Crippen molar-refractivity contribution in [3.05, 3.63) is 74.8 Å². The van der Waals surface area contributed by atoms with Crippen LogP contribution in [0, 0.1) is 0 Å². The third-order valence-corrected chi connectivity index (χ3v) is 4.13. The van der Waals surface area contributed by atoms with Gasteiger partial charge in [-0.2, -0.15) is 0 Å². The van der Waals surface area contributed by atoms with Gasteiger partial charge in [-0.3, -0.25) is 14.2 Å². The van der Waals surface area contributed by atoms with Gasteiger partial charge in [0.2, 0.25) is 5.78 Å². The van der Waals surface area contributed by atoms with E-state index in [1.54, 1.807) is 30.3 Å². The summed E-state index contributed by atoms with van der Waals surface area (Å²) in [5, 5.41) is 0.942. The molecule has 0 unspecified atom stereocenters. The maximum atomic E-state index is 12.9. The number of hydrogen-bond donors (Lipinski definition) is 0. The van der Waals surface area contributed by atoms with Crippen molar-refractivity contribution >= 4 is 34.4 Å². The monoisotopic (exact) mass is 322 g/mol. The SMILES string of the molecule is CC=Cc1ccc2nc3n(c(=O)c2c1)-c1ccc(Cl)cc1C3=O. The van der Waals surface area contributed by atoms with Gasteiger partial charge >= 0.3 is 0 Å². The molecule has 0 saturated heterocycles. The van der Waals surface area contributed by atoms with E-state index in [2.05, 4.69) is 4.98 Å². The van der Waals surface area contributed by atoms with Crippen molar-refractivity contribution in [1.29, 1.82) is 0 Å². The van der Waals surface area contributed by atoms with E-state index in [-0.39, 0.29) is 17.2 Å². The first-order valence-corrected chi connectivity index (χ1v) is 7.52. The lowest BCUT2D eigenvalue weighted by atomic mass is 10.1. The first-order valence-electron chi connectivity index (χ1n) is 7.14. The molecule has 1 aliphatic rings. The summed E-state index contributed by atoms with van der Waals surface area (Å²) in [5.74, 6) is -0.141. The molecule has 1 aliphatic heterocycles. The van der Waals surface area contributed by atoms with E-state index in [1.165, 1.54) is 4.57 Å². The van der Waals surface area contributed by atoms with E-state index in [9.17, 15) is 9.59 Å². The third kappa shape index (κ3) is 1.95. The number of ketones is 1. The molecule has 3 aromatic rings. The summed E-state index contributed by atoms with van der Waals surface area (Å²) in [5.41, 5.74) is 2.13. The Morgan fingerprint density at radius 1 is 1.13 bits per heavy atom. The Labute approximate surface area is 136 Å². The maximum absolute atomic E-state index is 12.9. The number of hydrogen-bond acceptors (Lipinski definition) is 3. The Kier molecular flexibility index (Phi) is 2.96. The van der Waals surface area contributed by atoms with Gasteiger partial charge in [0.15, 0.2) is 5.82 Å². The molecule has 0 saturated carbocycles. The zero-order valence-corrected chi connectivity index (χ0v) is 13.0. The predicted molar refractivity (Wildman–Crippen MR) is 90.5 cm³/mol. The minimum atomic E-state index is -0.279. The van der Waals surface area contributed by atoms with Crippen LogP contribution < -0.4 is 5.56 Å². The van der Waals surface area contributed by atoms with Crippen LogP contribution >= 0.6 is 11.6 Å². The standard InChI is InChI=1S/C18H11ClN2O2/c1-2-3-10-4-6-14-12(8-10)18(23)21-15-7-5-11(19)9-13(15)16(22)17(21)20-14/h2-9H,1H3. The van der Waals surface area contributed by atoms with Gasteiger partial charge in [-0.05, 0) is 42.8 Å². The van der Waals surface area contributed by atoms with Crippen molar-refractivity contribution in [1.82, 2.24) is 9.55 Å². The number of benzene rings is 2. The molecule has 5 heteroatoms. The highest BCUT2D eigenvalue weighted by Crippen LogP contribution is 2.28. The molecular weight excluding hydrogens is 312 g/mol. The van der Waals surface area contributed by atoms with Gasteiger partial charge in [0.05, 0.1) is 22.2 Å². The first-order chi connectivity index (χ1) is 11.1. The summed E-state index contributed by atoms with van der Waals surface area (Å²) >= 11 is 5.96. The number of carbonyl (C=O) groups is 1. The molecule has 0 amide bonds. The summed E-state index contributed by atoms with van der Waals surface area (Å²) in [6.07, 6.45) is 3.82. The lowest BCUT2D eigenvalue weighted by Gasteiger charge is -2.06. The molecular formula is C18H11ClN2O2. The van der Waals surface area contributed by atoms with Crippen LogP contribution in [0.1, 0.15) is 28.7 Å². The van der Waals surface area contributed by atoms with Gasteiger partial charge in [0, 0.05) is 5.02 Å². The Bertz CT molecular complexity index is 1080. The van der Waals surface area contributed by atoms with E-state index in [0.717, 1.165) is 5.56 Å². The highest BCUT2D eigenvalue weighted by molar-refractivity contribution is 6.31. The van der Waals surface area contributed by atoms with Crippen molar-refractivity contribution in [3.8, 4) is 5.69 Å². The third-order valence-electron chi connectivity index (χ3n) is 3.90. The molecule has 112 valence electrons. The van der Waals surface area contributed by atoms with Gasteiger partial charge in [0.25, 0.3) is 5.56 Å². The highest BCUT2D eigenvalue weighted by Gasteiger charge is 2.30. The van der Waals surface area contributed by atoms with E-state index in [0.29, 0.717) is 27.2 Å². The first kappa shape index (κ1) is 13.9. The van der Waals surface area contributed by atoms with Crippen molar-refractivity contribution in [2.24, 2.45) is 0 Å². The highest BCUT2D eigenvalue weighted by atomic mass is 35.5. The van der Waals surface area contributed by atoms with Crippen LogP contribution in [0.25, 0.3) is 22.7 Å². The van der Waals surface area contributed by atoms with Crippen LogP contribution in [0.2, 0.25) is 5.02 Å². The number of rotatable bonds is 1. The van der Waals surface area contributed by atoms with Crippen molar-refractivity contribution in [2.75, 3.05) is 0 Å². The molecule has 4 rings (SSSR count). The lowest BCUT2D eigenvalue weighted by Crippen LogP contribution is -2.21. The number of halogens is 1. The Morgan fingerprint density at radius 3 is 2.74 bits per heavy atom. The molecule has 2 aromatic carbocycles. The lowest BCUT2D eigenvalue weighted by molar-refractivity contribution is 0.103. The normalized spacial score (nSPS) is 12.9. The molecule has 0 spiro atoms. The number of carbonyl (C=O) groups excluding carboxylic acids is 1. The average Bonchev–Trinajstić information content (AvgIpc) is 2.81. The number of fused-ring (bicyclic) bond motifs is 4. The molecule has 2 heterocycles. The molecule has 1 aromatic heterocycles. The molecule has 0 N–H and O–H groups in total. The molecule has 0 atom stereocenters. The average molecular weight is 323 g/mol. The van der Waals surface area contributed by atoms with Gasteiger partial charge in [-0.25, -0.2) is 4.98 Å². The molecule has 0 aliphatic carbocycles. The fourth-order valence-electron chi connectivity index (χ4n) is 2.88. The van der Waals surface area contributed by atoms with Crippen LogP contribution in [0.15, 0.2) is 47.3 Å². The van der Waals surface area contributed by atoms with Crippen LogP contribution in [0.3, 0.4) is 0 Å². The second-order valence-electron chi connectivity index (χ2n) is 5.34. The second kappa shape index (κ2) is 4.89.